The number of para-hydroxylation sites is 2. The Bertz CT molecular complexity index is 1710. The van der Waals surface area contributed by atoms with Gasteiger partial charge in [0.05, 0.1) is 34.0 Å². The molecule has 0 bridgehead atoms. The topological polar surface area (TPSA) is 113 Å². The smallest absolute Gasteiger partial charge is 0.264 e. The van der Waals surface area contributed by atoms with Crippen molar-refractivity contribution in [2.45, 2.75) is 16.7 Å². The zero-order chi connectivity index (χ0) is 28.9. The number of ether oxygens (including phenoxy) is 1. The third-order valence-electron chi connectivity index (χ3n) is 6.21. The highest BCUT2D eigenvalue weighted by atomic mass is 32.2. The van der Waals surface area contributed by atoms with E-state index in [1.807, 2.05) is 0 Å². The molecule has 0 aliphatic carbocycles. The average Bonchev–Trinajstić information content (AvgIpc) is 2.98. The third kappa shape index (κ3) is 5.80. The Morgan fingerprint density at radius 3 is 1.95 bits per heavy atom. The predicted molar refractivity (Wildman–Crippen MR) is 156 cm³/mol. The standard InChI is InChI=1S/C29H29N3O6S2/c1-4-32(24-15-9-6-10-16-24)40(36,37)26-18-19-28(38-3)27(21-26)30-29(33)22-12-11-17-25(20-22)39(34,35)31(2)23-13-7-5-8-14-23/h5-21H,4H2,1-3H3,(H,30,33). The van der Waals surface area contributed by atoms with Crippen LogP contribution in [-0.2, 0) is 20.0 Å². The van der Waals surface area contributed by atoms with E-state index in [0.29, 0.717) is 11.4 Å². The van der Waals surface area contributed by atoms with Gasteiger partial charge < -0.3 is 10.1 Å². The summed E-state index contributed by atoms with van der Waals surface area (Å²) in [5.41, 5.74) is 1.16. The molecule has 0 unspecified atom stereocenters. The molecule has 40 heavy (non-hydrogen) atoms. The average molecular weight is 580 g/mol. The van der Waals surface area contributed by atoms with Crippen LogP contribution >= 0.6 is 0 Å². The fourth-order valence-electron chi connectivity index (χ4n) is 4.09. The number of hydrogen-bond donors (Lipinski definition) is 1. The molecule has 0 heterocycles. The molecule has 11 heteroatoms. The van der Waals surface area contributed by atoms with Crippen LogP contribution in [0.5, 0.6) is 5.75 Å². The Kier molecular flexibility index (Phi) is 8.46. The van der Waals surface area contributed by atoms with Crippen LogP contribution in [0.25, 0.3) is 0 Å². The van der Waals surface area contributed by atoms with Crippen LogP contribution in [0, 0.1) is 0 Å². The quantitative estimate of drug-likeness (QED) is 0.283. The molecule has 4 aromatic rings. The lowest BCUT2D eigenvalue weighted by atomic mass is 10.2. The summed E-state index contributed by atoms with van der Waals surface area (Å²) in [5.74, 6) is -0.398. The number of nitrogens with zero attached hydrogens (tertiary/aromatic N) is 2. The van der Waals surface area contributed by atoms with Gasteiger partial charge in [-0.2, -0.15) is 0 Å². The van der Waals surface area contributed by atoms with Gasteiger partial charge in [-0.25, -0.2) is 16.8 Å². The van der Waals surface area contributed by atoms with Gasteiger partial charge in [-0.15, -0.1) is 0 Å². The summed E-state index contributed by atoms with van der Waals surface area (Å²) in [5, 5.41) is 2.67. The van der Waals surface area contributed by atoms with Crippen LogP contribution in [0.3, 0.4) is 0 Å². The number of hydrogen-bond acceptors (Lipinski definition) is 6. The molecule has 0 spiro atoms. The Morgan fingerprint density at radius 1 is 0.750 bits per heavy atom. The summed E-state index contributed by atoms with van der Waals surface area (Å²) in [6.07, 6.45) is 0. The zero-order valence-corrected chi connectivity index (χ0v) is 23.8. The van der Waals surface area contributed by atoms with E-state index in [1.165, 1.54) is 60.9 Å². The van der Waals surface area contributed by atoms with Crippen molar-refractivity contribution in [2.75, 3.05) is 34.6 Å². The SMILES string of the molecule is CCN(c1ccccc1)S(=O)(=O)c1ccc(OC)c(NC(=O)c2cccc(S(=O)(=O)N(C)c3ccccc3)c2)c1. The fourth-order valence-corrected chi connectivity index (χ4v) is 6.83. The second-order valence-electron chi connectivity index (χ2n) is 8.66. The van der Waals surface area contributed by atoms with Gasteiger partial charge in [0.2, 0.25) is 0 Å². The van der Waals surface area contributed by atoms with Crippen LogP contribution in [0.4, 0.5) is 17.1 Å². The van der Waals surface area contributed by atoms with Crippen LogP contribution in [0.15, 0.2) is 113 Å². The molecule has 0 aliphatic rings. The molecule has 0 atom stereocenters. The summed E-state index contributed by atoms with van der Waals surface area (Å²) >= 11 is 0. The molecule has 4 aromatic carbocycles. The largest absolute Gasteiger partial charge is 0.495 e. The normalized spacial score (nSPS) is 11.5. The van der Waals surface area contributed by atoms with Crippen LogP contribution in [0.1, 0.15) is 17.3 Å². The molecule has 0 radical (unpaired) electrons. The number of methoxy groups -OCH3 is 1. The van der Waals surface area contributed by atoms with Crippen molar-refractivity contribution in [3.05, 3.63) is 109 Å². The molecule has 208 valence electrons. The minimum atomic E-state index is -3.97. The van der Waals surface area contributed by atoms with Gasteiger partial charge >= 0.3 is 0 Å². The Hall–Kier alpha value is -4.35. The number of sulfonamides is 2. The summed E-state index contributed by atoms with van der Waals surface area (Å²) in [7, 11) is -5.10. The Balaban J connectivity index is 1.64. The van der Waals surface area contributed by atoms with Crippen molar-refractivity contribution < 1.29 is 26.4 Å². The first-order valence-electron chi connectivity index (χ1n) is 12.3. The first kappa shape index (κ1) is 28.7. The van der Waals surface area contributed by atoms with Crippen LogP contribution in [-0.4, -0.2) is 43.4 Å². The van der Waals surface area contributed by atoms with Gasteiger partial charge in [0.15, 0.2) is 0 Å². The maximum absolute atomic E-state index is 13.5. The lowest BCUT2D eigenvalue weighted by molar-refractivity contribution is 0.102. The van der Waals surface area contributed by atoms with Gasteiger partial charge in [-0.05, 0) is 67.6 Å². The molecule has 0 fully saturated rings. The monoisotopic (exact) mass is 579 g/mol. The zero-order valence-electron chi connectivity index (χ0n) is 22.2. The third-order valence-corrected chi connectivity index (χ3v) is 9.89. The molecule has 1 amide bonds. The second-order valence-corrected chi connectivity index (χ2v) is 12.5. The number of benzene rings is 4. The predicted octanol–water partition coefficient (Wildman–Crippen LogP) is 4.99. The number of rotatable bonds is 10. The Morgan fingerprint density at radius 2 is 1.35 bits per heavy atom. The minimum Gasteiger partial charge on any atom is -0.495 e. The van der Waals surface area contributed by atoms with Gasteiger partial charge in [0.25, 0.3) is 26.0 Å². The number of carbonyl (C=O) groups excluding carboxylic acids is 1. The van der Waals surface area contributed by atoms with Crippen molar-refractivity contribution in [1.29, 1.82) is 0 Å². The maximum Gasteiger partial charge on any atom is 0.264 e. The molecular formula is C29H29N3O6S2. The van der Waals surface area contributed by atoms with Gasteiger partial charge in [-0.3, -0.25) is 13.4 Å². The van der Waals surface area contributed by atoms with Gasteiger partial charge in [0.1, 0.15) is 5.75 Å². The molecule has 0 aromatic heterocycles. The van der Waals surface area contributed by atoms with Crippen molar-refractivity contribution >= 4 is 43.0 Å². The highest BCUT2D eigenvalue weighted by Gasteiger charge is 2.26. The van der Waals surface area contributed by atoms with E-state index in [4.69, 9.17) is 4.74 Å². The molecule has 1 N–H and O–H groups in total. The molecule has 0 saturated carbocycles. The van der Waals surface area contributed by atoms with E-state index in [9.17, 15) is 21.6 Å². The molecule has 4 rings (SSSR count). The molecule has 9 nitrogen and oxygen atoms in total. The van der Waals surface area contributed by atoms with E-state index in [2.05, 4.69) is 5.32 Å². The van der Waals surface area contributed by atoms with Crippen molar-refractivity contribution in [2.24, 2.45) is 0 Å². The maximum atomic E-state index is 13.5. The summed E-state index contributed by atoms with van der Waals surface area (Å²) < 4.78 is 61.2. The molecular weight excluding hydrogens is 550 g/mol. The lowest BCUT2D eigenvalue weighted by Crippen LogP contribution is -2.30. The second kappa shape index (κ2) is 11.8. The number of anilines is 3. The van der Waals surface area contributed by atoms with Crippen LogP contribution in [0.2, 0.25) is 0 Å². The highest BCUT2D eigenvalue weighted by molar-refractivity contribution is 7.93. The Labute approximate surface area is 234 Å². The van der Waals surface area contributed by atoms with Gasteiger partial charge in [0, 0.05) is 19.2 Å². The number of amides is 1. The summed E-state index contributed by atoms with van der Waals surface area (Å²) in [4.78, 5) is 13.1. The first-order valence-corrected chi connectivity index (χ1v) is 15.2. The lowest BCUT2D eigenvalue weighted by Gasteiger charge is -2.23. The van der Waals surface area contributed by atoms with E-state index < -0.39 is 26.0 Å². The van der Waals surface area contributed by atoms with Gasteiger partial charge in [-0.1, -0.05) is 42.5 Å². The van der Waals surface area contributed by atoms with Crippen LogP contribution < -0.4 is 18.7 Å². The summed E-state index contributed by atoms with van der Waals surface area (Å²) in [6, 6.07) is 27.1. The number of nitrogens with one attached hydrogen (secondary N) is 1. The van der Waals surface area contributed by atoms with Crippen molar-refractivity contribution in [3.8, 4) is 5.75 Å². The molecule has 0 aliphatic heterocycles. The number of carbonyl (C=O) groups is 1. The molecule has 0 saturated heterocycles. The summed E-state index contributed by atoms with van der Waals surface area (Å²) in [6.45, 7) is 1.92. The van der Waals surface area contributed by atoms with Crippen molar-refractivity contribution in [3.63, 3.8) is 0 Å². The van der Waals surface area contributed by atoms with E-state index in [-0.39, 0.29) is 33.3 Å². The fraction of sp³-hybridized carbons (Fsp3) is 0.138. The van der Waals surface area contributed by atoms with Crippen molar-refractivity contribution in [1.82, 2.24) is 0 Å². The highest BCUT2D eigenvalue weighted by Crippen LogP contribution is 2.31. The van der Waals surface area contributed by atoms with E-state index in [0.717, 1.165) is 4.31 Å². The minimum absolute atomic E-state index is 0.0462. The van der Waals surface area contributed by atoms with E-state index in [1.54, 1.807) is 67.6 Å². The van der Waals surface area contributed by atoms with E-state index >= 15 is 0 Å². The first-order chi connectivity index (χ1) is 19.1.